The van der Waals surface area contributed by atoms with Gasteiger partial charge in [0.05, 0.1) is 0 Å². The molecule has 0 fully saturated rings. The van der Waals surface area contributed by atoms with Crippen molar-refractivity contribution in [2.24, 2.45) is 0 Å². The first-order chi connectivity index (χ1) is 8.49. The van der Waals surface area contributed by atoms with Crippen molar-refractivity contribution in [3.05, 3.63) is 64.5 Å². The fourth-order valence-corrected chi connectivity index (χ4v) is 1.95. The molecule has 2 N–H and O–H groups in total. The third kappa shape index (κ3) is 2.25. The van der Waals surface area contributed by atoms with Crippen molar-refractivity contribution in [2.45, 2.75) is 13.8 Å². The molecule has 0 amide bonds. The summed E-state index contributed by atoms with van der Waals surface area (Å²) in [6, 6.07) is 9.42. The molecule has 2 nitrogen and oxygen atoms in total. The van der Waals surface area contributed by atoms with E-state index in [1.54, 1.807) is 6.07 Å². The van der Waals surface area contributed by atoms with E-state index in [-0.39, 0.29) is 11.5 Å². The summed E-state index contributed by atoms with van der Waals surface area (Å²) in [4.78, 5) is 12.3. The fraction of sp³-hybridized carbons (Fsp3) is 0.133. The maximum absolute atomic E-state index is 13.0. The zero-order valence-corrected chi connectivity index (χ0v) is 10.3. The number of hydrogen-bond donors (Lipinski definition) is 1. The third-order valence-electron chi connectivity index (χ3n) is 2.88. The van der Waals surface area contributed by atoms with Gasteiger partial charge in [-0.05, 0) is 37.6 Å². The Balaban J connectivity index is 2.48. The average Bonchev–Trinajstić information content (AvgIpc) is 2.28. The van der Waals surface area contributed by atoms with Gasteiger partial charge in [-0.1, -0.05) is 23.8 Å². The summed E-state index contributed by atoms with van der Waals surface area (Å²) in [5, 5.41) is 0. The highest BCUT2D eigenvalue weighted by atomic mass is 19.1. The van der Waals surface area contributed by atoms with Crippen molar-refractivity contribution in [3.8, 4) is 0 Å². The Morgan fingerprint density at radius 2 is 1.72 bits per heavy atom. The molecule has 0 aliphatic heterocycles. The van der Waals surface area contributed by atoms with Crippen molar-refractivity contribution in [1.29, 1.82) is 0 Å². The van der Waals surface area contributed by atoms with Gasteiger partial charge in [0.2, 0.25) is 0 Å². The maximum Gasteiger partial charge on any atom is 0.195 e. The van der Waals surface area contributed by atoms with Crippen molar-refractivity contribution in [2.75, 3.05) is 5.73 Å². The van der Waals surface area contributed by atoms with Crippen molar-refractivity contribution < 1.29 is 9.18 Å². The van der Waals surface area contributed by atoms with Crippen LogP contribution in [0.2, 0.25) is 0 Å². The van der Waals surface area contributed by atoms with Crippen molar-refractivity contribution in [3.63, 3.8) is 0 Å². The van der Waals surface area contributed by atoms with Gasteiger partial charge in [-0.15, -0.1) is 0 Å². The second kappa shape index (κ2) is 4.61. The summed E-state index contributed by atoms with van der Waals surface area (Å²) >= 11 is 0. The lowest BCUT2D eigenvalue weighted by Crippen LogP contribution is -2.07. The van der Waals surface area contributed by atoms with Gasteiger partial charge in [-0.3, -0.25) is 4.79 Å². The van der Waals surface area contributed by atoms with E-state index in [0.29, 0.717) is 11.1 Å². The van der Waals surface area contributed by atoms with Gasteiger partial charge in [-0.25, -0.2) is 4.39 Å². The standard InChI is InChI=1S/C15H14FNO/c1-9-3-5-12(10(2)7-9)15(18)13-6-4-11(16)8-14(13)17/h3-8H,17H2,1-2H3. The molecule has 92 valence electrons. The monoisotopic (exact) mass is 243 g/mol. The lowest BCUT2D eigenvalue weighted by atomic mass is 9.96. The molecule has 0 spiro atoms. The number of hydrogen-bond acceptors (Lipinski definition) is 2. The number of aryl methyl sites for hydroxylation is 2. The largest absolute Gasteiger partial charge is 0.398 e. The Morgan fingerprint density at radius 1 is 1.06 bits per heavy atom. The highest BCUT2D eigenvalue weighted by molar-refractivity contribution is 6.12. The van der Waals surface area contributed by atoms with Gasteiger partial charge in [0.1, 0.15) is 5.82 Å². The van der Waals surface area contributed by atoms with Gasteiger partial charge in [0.15, 0.2) is 5.78 Å². The van der Waals surface area contributed by atoms with E-state index in [1.165, 1.54) is 12.1 Å². The smallest absolute Gasteiger partial charge is 0.195 e. The van der Waals surface area contributed by atoms with Gasteiger partial charge < -0.3 is 5.73 Å². The van der Waals surface area contributed by atoms with E-state index >= 15 is 0 Å². The van der Waals surface area contributed by atoms with Crippen LogP contribution in [0.3, 0.4) is 0 Å². The fourth-order valence-electron chi connectivity index (χ4n) is 1.95. The van der Waals surface area contributed by atoms with Crippen LogP contribution in [-0.4, -0.2) is 5.78 Å². The van der Waals surface area contributed by atoms with Crippen LogP contribution in [0.5, 0.6) is 0 Å². The number of halogens is 1. The summed E-state index contributed by atoms with van der Waals surface area (Å²) < 4.78 is 13.0. The van der Waals surface area contributed by atoms with Crippen LogP contribution in [0, 0.1) is 19.7 Å². The van der Waals surface area contributed by atoms with E-state index in [0.717, 1.165) is 17.2 Å². The zero-order valence-electron chi connectivity index (χ0n) is 10.3. The minimum absolute atomic E-state index is 0.167. The van der Waals surface area contributed by atoms with Crippen LogP contribution >= 0.6 is 0 Å². The lowest BCUT2D eigenvalue weighted by Gasteiger charge is -2.08. The van der Waals surface area contributed by atoms with Gasteiger partial charge in [0.25, 0.3) is 0 Å². The summed E-state index contributed by atoms with van der Waals surface area (Å²) in [6.07, 6.45) is 0. The van der Waals surface area contributed by atoms with Crippen molar-refractivity contribution >= 4 is 11.5 Å². The molecule has 3 heteroatoms. The third-order valence-corrected chi connectivity index (χ3v) is 2.88. The molecular weight excluding hydrogens is 229 g/mol. The van der Waals surface area contributed by atoms with Crippen LogP contribution in [0.25, 0.3) is 0 Å². The molecule has 0 saturated carbocycles. The van der Waals surface area contributed by atoms with E-state index in [9.17, 15) is 9.18 Å². The summed E-state index contributed by atoms with van der Waals surface area (Å²) in [7, 11) is 0. The van der Waals surface area contributed by atoms with E-state index in [1.807, 2.05) is 26.0 Å². The summed E-state index contributed by atoms with van der Waals surface area (Å²) in [5.41, 5.74) is 8.76. The molecule has 0 heterocycles. The van der Waals surface area contributed by atoms with Crippen LogP contribution in [-0.2, 0) is 0 Å². The first-order valence-electron chi connectivity index (χ1n) is 5.66. The normalized spacial score (nSPS) is 10.4. The quantitative estimate of drug-likeness (QED) is 0.650. The molecule has 2 rings (SSSR count). The second-order valence-corrected chi connectivity index (χ2v) is 4.38. The molecule has 0 aliphatic carbocycles. The van der Waals surface area contributed by atoms with E-state index < -0.39 is 5.82 Å². The molecule has 18 heavy (non-hydrogen) atoms. The van der Waals surface area contributed by atoms with E-state index in [4.69, 9.17) is 5.73 Å². The topological polar surface area (TPSA) is 43.1 Å². The molecule has 0 bridgehead atoms. The Bertz CT molecular complexity index is 566. The number of benzene rings is 2. The van der Waals surface area contributed by atoms with Crippen LogP contribution in [0.1, 0.15) is 27.0 Å². The van der Waals surface area contributed by atoms with E-state index in [2.05, 4.69) is 0 Å². The van der Waals surface area contributed by atoms with Crippen LogP contribution in [0.4, 0.5) is 10.1 Å². The SMILES string of the molecule is Cc1ccc(C(=O)c2ccc(F)cc2N)c(C)c1. The molecule has 0 aromatic heterocycles. The van der Waals surface area contributed by atoms with Crippen molar-refractivity contribution in [1.82, 2.24) is 0 Å². The Morgan fingerprint density at radius 3 is 2.33 bits per heavy atom. The number of carbonyl (C=O) groups is 1. The Hall–Kier alpha value is -2.16. The van der Waals surface area contributed by atoms with Crippen LogP contribution in [0.15, 0.2) is 36.4 Å². The number of anilines is 1. The average molecular weight is 243 g/mol. The van der Waals surface area contributed by atoms with Crippen LogP contribution < -0.4 is 5.73 Å². The molecule has 0 unspecified atom stereocenters. The molecule has 2 aromatic carbocycles. The highest BCUT2D eigenvalue weighted by Crippen LogP contribution is 2.20. The molecule has 0 radical (unpaired) electrons. The molecule has 0 aliphatic rings. The predicted molar refractivity (Wildman–Crippen MR) is 70.2 cm³/mol. The summed E-state index contributed by atoms with van der Waals surface area (Å²) in [5.74, 6) is -0.616. The first kappa shape index (κ1) is 12.3. The molecule has 0 saturated heterocycles. The molecular formula is C15H14FNO. The number of nitrogen functional groups attached to an aromatic ring is 1. The minimum Gasteiger partial charge on any atom is -0.398 e. The minimum atomic E-state index is -0.440. The second-order valence-electron chi connectivity index (χ2n) is 4.38. The first-order valence-corrected chi connectivity index (χ1v) is 5.66. The predicted octanol–water partition coefficient (Wildman–Crippen LogP) is 3.26. The maximum atomic E-state index is 13.0. The molecule has 0 atom stereocenters. The van der Waals surface area contributed by atoms with Gasteiger partial charge >= 0.3 is 0 Å². The number of nitrogens with two attached hydrogens (primary N) is 1. The zero-order chi connectivity index (χ0) is 13.3. The van der Waals surface area contributed by atoms with Gasteiger partial charge in [0, 0.05) is 16.8 Å². The highest BCUT2D eigenvalue weighted by Gasteiger charge is 2.14. The number of ketones is 1. The van der Waals surface area contributed by atoms with Gasteiger partial charge in [-0.2, -0.15) is 0 Å². The Labute approximate surface area is 105 Å². The Kier molecular flexibility index (Phi) is 3.15. The number of rotatable bonds is 2. The summed E-state index contributed by atoms with van der Waals surface area (Å²) in [6.45, 7) is 3.84. The lowest BCUT2D eigenvalue weighted by molar-refractivity contribution is 0.103. The molecule has 2 aromatic rings. The number of carbonyl (C=O) groups excluding carboxylic acids is 1.